The molecule has 0 saturated heterocycles. The Bertz CT molecular complexity index is 688. The third kappa shape index (κ3) is 2.44. The lowest BCUT2D eigenvalue weighted by Crippen LogP contribution is -2.43. The molecule has 2 aliphatic carbocycles. The summed E-state index contributed by atoms with van der Waals surface area (Å²) in [5.74, 6) is -0.940. The third-order valence-electron chi connectivity index (χ3n) is 5.14. The highest BCUT2D eigenvalue weighted by Crippen LogP contribution is 2.35. The number of carbonyl (C=O) groups is 3. The molecular formula is C18H20N2O3. The van der Waals surface area contributed by atoms with E-state index in [4.69, 9.17) is 0 Å². The first kappa shape index (κ1) is 14.4. The summed E-state index contributed by atoms with van der Waals surface area (Å²) in [5.41, 5.74) is 0.951. The van der Waals surface area contributed by atoms with Crippen molar-refractivity contribution in [1.82, 2.24) is 10.2 Å². The Morgan fingerprint density at radius 1 is 0.957 bits per heavy atom. The van der Waals surface area contributed by atoms with E-state index in [-0.39, 0.29) is 17.5 Å². The van der Waals surface area contributed by atoms with Crippen molar-refractivity contribution in [3.8, 4) is 0 Å². The standard InChI is InChI=1S/C18H20N2O3/c21-16-13-7-4-8-14(15(13)17(22)19-16)18(23)20(12-9-10-12)11-5-2-1-3-6-11/h4,7-8,11-12H,1-3,5-6,9-10H2,(H,19,21,22). The first-order chi connectivity index (χ1) is 11.2. The van der Waals surface area contributed by atoms with E-state index in [0.717, 1.165) is 38.5 Å². The van der Waals surface area contributed by atoms with Crippen LogP contribution in [0.15, 0.2) is 18.2 Å². The average Bonchev–Trinajstić information content (AvgIpc) is 3.35. The molecule has 4 rings (SSSR count). The highest BCUT2D eigenvalue weighted by molar-refractivity contribution is 6.25. The monoisotopic (exact) mass is 312 g/mol. The second-order valence-corrected chi connectivity index (χ2v) is 6.75. The molecule has 0 bridgehead atoms. The number of benzene rings is 1. The van der Waals surface area contributed by atoms with Gasteiger partial charge in [0.2, 0.25) is 0 Å². The quantitative estimate of drug-likeness (QED) is 0.872. The van der Waals surface area contributed by atoms with Crippen molar-refractivity contribution < 1.29 is 14.4 Å². The summed E-state index contributed by atoms with van der Waals surface area (Å²) in [7, 11) is 0. The fourth-order valence-corrected chi connectivity index (χ4v) is 3.88. The van der Waals surface area contributed by atoms with Gasteiger partial charge in [-0.3, -0.25) is 19.7 Å². The van der Waals surface area contributed by atoms with Crippen LogP contribution in [-0.2, 0) is 0 Å². The first-order valence-electron chi connectivity index (χ1n) is 8.48. The van der Waals surface area contributed by atoms with Gasteiger partial charge in [-0.25, -0.2) is 0 Å². The van der Waals surface area contributed by atoms with Crippen molar-refractivity contribution in [3.05, 3.63) is 34.9 Å². The largest absolute Gasteiger partial charge is 0.333 e. The SMILES string of the molecule is O=C1NC(=O)c2c1cccc2C(=O)N(C1CCCCC1)C1CC1. The van der Waals surface area contributed by atoms with E-state index in [9.17, 15) is 14.4 Å². The van der Waals surface area contributed by atoms with Crippen LogP contribution in [0.5, 0.6) is 0 Å². The summed E-state index contributed by atoms with van der Waals surface area (Å²) in [6.07, 6.45) is 7.73. The summed E-state index contributed by atoms with van der Waals surface area (Å²) in [5, 5.41) is 2.29. The minimum atomic E-state index is -0.451. The van der Waals surface area contributed by atoms with E-state index in [1.54, 1.807) is 18.2 Å². The van der Waals surface area contributed by atoms with E-state index in [1.807, 2.05) is 4.90 Å². The lowest BCUT2D eigenvalue weighted by Gasteiger charge is -2.35. The molecule has 23 heavy (non-hydrogen) atoms. The number of hydrogen-bond donors (Lipinski definition) is 1. The molecule has 0 radical (unpaired) electrons. The maximum atomic E-state index is 13.2. The Hall–Kier alpha value is -2.17. The topological polar surface area (TPSA) is 66.5 Å². The molecule has 1 aliphatic heterocycles. The van der Waals surface area contributed by atoms with Gasteiger partial charge >= 0.3 is 0 Å². The summed E-state index contributed by atoms with van der Waals surface area (Å²) >= 11 is 0. The van der Waals surface area contributed by atoms with E-state index in [0.29, 0.717) is 17.2 Å². The van der Waals surface area contributed by atoms with E-state index in [2.05, 4.69) is 5.32 Å². The highest BCUT2D eigenvalue weighted by Gasteiger charge is 2.40. The molecule has 0 unspecified atom stereocenters. The summed E-state index contributed by atoms with van der Waals surface area (Å²) in [4.78, 5) is 39.1. The van der Waals surface area contributed by atoms with E-state index < -0.39 is 11.8 Å². The summed E-state index contributed by atoms with van der Waals surface area (Å²) < 4.78 is 0. The van der Waals surface area contributed by atoms with Gasteiger partial charge in [-0.15, -0.1) is 0 Å². The zero-order valence-corrected chi connectivity index (χ0v) is 13.0. The first-order valence-corrected chi connectivity index (χ1v) is 8.48. The lowest BCUT2D eigenvalue weighted by molar-refractivity contribution is 0.0610. The number of nitrogens with one attached hydrogen (secondary N) is 1. The van der Waals surface area contributed by atoms with Crippen LogP contribution in [0.25, 0.3) is 0 Å². The molecular weight excluding hydrogens is 292 g/mol. The predicted molar refractivity (Wildman–Crippen MR) is 84.3 cm³/mol. The van der Waals surface area contributed by atoms with Gasteiger partial charge in [-0.05, 0) is 37.8 Å². The van der Waals surface area contributed by atoms with Crippen molar-refractivity contribution in [2.24, 2.45) is 0 Å². The molecule has 120 valence electrons. The summed E-state index contributed by atoms with van der Waals surface area (Å²) in [6.45, 7) is 0. The average molecular weight is 312 g/mol. The maximum absolute atomic E-state index is 13.2. The molecule has 3 amide bonds. The normalized spacial score (nSPS) is 21.0. The number of amides is 3. The number of carbonyl (C=O) groups excluding carboxylic acids is 3. The molecule has 1 aromatic rings. The summed E-state index contributed by atoms with van der Waals surface area (Å²) in [6, 6.07) is 5.56. The molecule has 5 nitrogen and oxygen atoms in total. The fraction of sp³-hybridized carbons (Fsp3) is 0.500. The zero-order chi connectivity index (χ0) is 16.0. The van der Waals surface area contributed by atoms with E-state index >= 15 is 0 Å². The van der Waals surface area contributed by atoms with Gasteiger partial charge < -0.3 is 4.90 Å². The molecule has 5 heteroatoms. The number of rotatable bonds is 3. The van der Waals surface area contributed by atoms with Gasteiger partial charge in [-0.2, -0.15) is 0 Å². The van der Waals surface area contributed by atoms with E-state index in [1.165, 1.54) is 6.42 Å². The van der Waals surface area contributed by atoms with Crippen LogP contribution in [0.3, 0.4) is 0 Å². The fourth-order valence-electron chi connectivity index (χ4n) is 3.88. The van der Waals surface area contributed by atoms with Crippen LogP contribution in [0.1, 0.15) is 76.0 Å². The maximum Gasteiger partial charge on any atom is 0.259 e. The lowest BCUT2D eigenvalue weighted by atomic mass is 9.92. The minimum absolute atomic E-state index is 0.0823. The van der Waals surface area contributed by atoms with Crippen LogP contribution in [0, 0.1) is 0 Å². The molecule has 0 aromatic heterocycles. The van der Waals surface area contributed by atoms with Gasteiger partial charge in [-0.1, -0.05) is 25.3 Å². The Morgan fingerprint density at radius 2 is 1.65 bits per heavy atom. The number of fused-ring (bicyclic) bond motifs is 1. The molecule has 2 saturated carbocycles. The Kier molecular flexibility index (Phi) is 3.43. The zero-order valence-electron chi connectivity index (χ0n) is 13.0. The molecule has 1 aromatic carbocycles. The van der Waals surface area contributed by atoms with Crippen molar-refractivity contribution in [1.29, 1.82) is 0 Å². The molecule has 1 N–H and O–H groups in total. The van der Waals surface area contributed by atoms with Gasteiger partial charge in [0.25, 0.3) is 17.7 Å². The minimum Gasteiger partial charge on any atom is -0.333 e. The van der Waals surface area contributed by atoms with Crippen LogP contribution in [0.4, 0.5) is 0 Å². The molecule has 0 atom stereocenters. The molecule has 0 spiro atoms. The second kappa shape index (κ2) is 5.48. The smallest absolute Gasteiger partial charge is 0.259 e. The highest BCUT2D eigenvalue weighted by atomic mass is 16.2. The second-order valence-electron chi connectivity index (χ2n) is 6.75. The van der Waals surface area contributed by atoms with Crippen LogP contribution in [-0.4, -0.2) is 34.7 Å². The van der Waals surface area contributed by atoms with Crippen molar-refractivity contribution in [3.63, 3.8) is 0 Å². The molecule has 3 aliphatic rings. The Morgan fingerprint density at radius 3 is 2.35 bits per heavy atom. The number of imide groups is 1. The molecule has 1 heterocycles. The van der Waals surface area contributed by atoms with Crippen LogP contribution in [0.2, 0.25) is 0 Å². The Balaban J connectivity index is 1.71. The number of nitrogens with zero attached hydrogens (tertiary/aromatic N) is 1. The Labute approximate surface area is 135 Å². The number of hydrogen-bond acceptors (Lipinski definition) is 3. The van der Waals surface area contributed by atoms with Crippen LogP contribution < -0.4 is 5.32 Å². The van der Waals surface area contributed by atoms with Gasteiger partial charge in [0.15, 0.2) is 0 Å². The van der Waals surface area contributed by atoms with Gasteiger partial charge in [0, 0.05) is 12.1 Å². The third-order valence-corrected chi connectivity index (χ3v) is 5.14. The predicted octanol–water partition coefficient (Wildman–Crippen LogP) is 2.51. The van der Waals surface area contributed by atoms with Gasteiger partial charge in [0.05, 0.1) is 16.7 Å². The van der Waals surface area contributed by atoms with Gasteiger partial charge in [0.1, 0.15) is 0 Å². The molecule has 2 fully saturated rings. The van der Waals surface area contributed by atoms with Crippen molar-refractivity contribution in [2.75, 3.05) is 0 Å². The van der Waals surface area contributed by atoms with Crippen molar-refractivity contribution in [2.45, 2.75) is 57.0 Å². The van der Waals surface area contributed by atoms with Crippen molar-refractivity contribution >= 4 is 17.7 Å². The van der Waals surface area contributed by atoms with Crippen LogP contribution >= 0.6 is 0 Å².